The average molecular weight is 448 g/mol. The van der Waals surface area contributed by atoms with E-state index in [9.17, 15) is 4.79 Å². The third kappa shape index (κ3) is 3.67. The molecule has 3 aromatic rings. The number of methoxy groups -OCH3 is 1. The molecule has 0 spiro atoms. The van der Waals surface area contributed by atoms with Crippen LogP contribution in [0.4, 0.5) is 23.1 Å². The number of nitrogens with one attached hydrogen (secondary N) is 1. The first kappa shape index (κ1) is 21.2. The van der Waals surface area contributed by atoms with Gasteiger partial charge in [-0.05, 0) is 44.7 Å². The maximum Gasteiger partial charge on any atom is 0.249 e. The van der Waals surface area contributed by atoms with Crippen LogP contribution in [0.25, 0.3) is 5.69 Å². The van der Waals surface area contributed by atoms with Crippen LogP contribution in [0, 0.1) is 6.92 Å². The first-order valence-corrected chi connectivity index (χ1v) is 11.4. The number of hydrogen-bond donors (Lipinski definition) is 1. The number of anilines is 4. The number of nitrogens with zero attached hydrogens (tertiary/aromatic N) is 6. The first-order valence-electron chi connectivity index (χ1n) is 11.4. The third-order valence-electron chi connectivity index (χ3n) is 6.42. The molecule has 1 amide bonds. The highest BCUT2D eigenvalue weighted by atomic mass is 16.5. The van der Waals surface area contributed by atoms with Crippen molar-refractivity contribution in [3.8, 4) is 11.4 Å². The summed E-state index contributed by atoms with van der Waals surface area (Å²) in [7, 11) is 3.49. The number of likely N-dealkylation sites (N-methyl/N-ethyl adjacent to an activating group) is 1. The number of carbonyl (C=O) groups is 1. The van der Waals surface area contributed by atoms with Crippen molar-refractivity contribution < 1.29 is 9.53 Å². The van der Waals surface area contributed by atoms with Gasteiger partial charge in [-0.3, -0.25) is 4.79 Å². The number of hydrogen-bond acceptors (Lipinski definition) is 7. The second-order valence-corrected chi connectivity index (χ2v) is 8.56. The van der Waals surface area contributed by atoms with Gasteiger partial charge in [0.25, 0.3) is 0 Å². The number of aryl methyl sites for hydroxylation is 2. The van der Waals surface area contributed by atoms with Gasteiger partial charge >= 0.3 is 0 Å². The molecule has 1 aromatic carbocycles. The standard InChI is InChI=1S/C24H29N7O2/c1-5-17-21-22(31-11-7-6-8-19(31)23(32)29(21)3)28-24(27-17)26-16-9-10-18(20(12-16)33-4)30-13-15(2)25-14-30/h9-10,12-14,19H,5-8,11H2,1-4H3,(H,26,27,28). The molecule has 1 atom stereocenters. The first-order chi connectivity index (χ1) is 16.0. The number of ether oxygens (including phenoxy) is 1. The molecule has 172 valence electrons. The van der Waals surface area contributed by atoms with Gasteiger partial charge in [0.15, 0.2) is 5.82 Å². The van der Waals surface area contributed by atoms with Gasteiger partial charge < -0.3 is 24.4 Å². The van der Waals surface area contributed by atoms with Gasteiger partial charge in [-0.15, -0.1) is 0 Å². The predicted molar refractivity (Wildman–Crippen MR) is 128 cm³/mol. The van der Waals surface area contributed by atoms with Crippen LogP contribution >= 0.6 is 0 Å². The summed E-state index contributed by atoms with van der Waals surface area (Å²) < 4.78 is 7.57. The Hall–Kier alpha value is -3.62. The van der Waals surface area contributed by atoms with Crippen LogP contribution < -0.4 is 19.9 Å². The molecule has 1 N–H and O–H groups in total. The highest BCUT2D eigenvalue weighted by molar-refractivity contribution is 6.05. The monoisotopic (exact) mass is 447 g/mol. The summed E-state index contributed by atoms with van der Waals surface area (Å²) in [6.07, 6.45) is 7.43. The van der Waals surface area contributed by atoms with E-state index in [2.05, 4.69) is 22.1 Å². The Labute approximate surface area is 193 Å². The van der Waals surface area contributed by atoms with Gasteiger partial charge in [-0.2, -0.15) is 4.98 Å². The molecule has 0 saturated carbocycles. The smallest absolute Gasteiger partial charge is 0.249 e. The lowest BCUT2D eigenvalue weighted by Gasteiger charge is -2.43. The molecule has 5 rings (SSSR count). The van der Waals surface area contributed by atoms with Crippen LogP contribution in [0.5, 0.6) is 5.75 Å². The normalized spacial score (nSPS) is 17.6. The van der Waals surface area contributed by atoms with Gasteiger partial charge in [0, 0.05) is 31.5 Å². The van der Waals surface area contributed by atoms with Crippen LogP contribution in [0.3, 0.4) is 0 Å². The van der Waals surface area contributed by atoms with Crippen molar-refractivity contribution in [3.63, 3.8) is 0 Å². The van der Waals surface area contributed by atoms with E-state index in [1.54, 1.807) is 18.3 Å². The summed E-state index contributed by atoms with van der Waals surface area (Å²) in [5.41, 5.74) is 4.35. The number of carbonyl (C=O) groups excluding carboxylic acids is 1. The molecule has 1 fully saturated rings. The molecule has 2 aliphatic heterocycles. The van der Waals surface area contributed by atoms with E-state index in [-0.39, 0.29) is 11.9 Å². The van der Waals surface area contributed by atoms with Crippen molar-refractivity contribution in [2.45, 2.75) is 45.6 Å². The fourth-order valence-corrected chi connectivity index (χ4v) is 4.76. The Morgan fingerprint density at radius 1 is 1.24 bits per heavy atom. The number of benzene rings is 1. The Morgan fingerprint density at radius 3 is 2.82 bits per heavy atom. The number of rotatable bonds is 5. The largest absolute Gasteiger partial charge is 0.494 e. The molecule has 2 aliphatic rings. The van der Waals surface area contributed by atoms with E-state index in [4.69, 9.17) is 14.7 Å². The second-order valence-electron chi connectivity index (χ2n) is 8.56. The van der Waals surface area contributed by atoms with E-state index in [0.29, 0.717) is 18.1 Å². The summed E-state index contributed by atoms with van der Waals surface area (Å²) in [5, 5.41) is 3.35. The lowest BCUT2D eigenvalue weighted by molar-refractivity contribution is -0.120. The molecule has 4 heterocycles. The lowest BCUT2D eigenvalue weighted by atomic mass is 9.97. The number of aromatic nitrogens is 4. The van der Waals surface area contributed by atoms with Crippen LogP contribution in [-0.4, -0.2) is 52.2 Å². The summed E-state index contributed by atoms with van der Waals surface area (Å²) in [6, 6.07) is 5.75. The van der Waals surface area contributed by atoms with E-state index in [1.807, 2.05) is 42.9 Å². The molecule has 0 bridgehead atoms. The van der Waals surface area contributed by atoms with E-state index in [0.717, 1.165) is 60.1 Å². The molecule has 0 aliphatic carbocycles. The quantitative estimate of drug-likeness (QED) is 0.639. The minimum atomic E-state index is -0.137. The van der Waals surface area contributed by atoms with E-state index >= 15 is 0 Å². The molecular formula is C24H29N7O2. The fourth-order valence-electron chi connectivity index (χ4n) is 4.76. The van der Waals surface area contributed by atoms with Crippen molar-refractivity contribution >= 4 is 29.0 Å². The maximum atomic E-state index is 13.0. The molecule has 1 unspecified atom stereocenters. The fraction of sp³-hybridized carbons (Fsp3) is 0.417. The molecule has 0 radical (unpaired) electrons. The zero-order valence-corrected chi connectivity index (χ0v) is 19.5. The lowest BCUT2D eigenvalue weighted by Crippen LogP contribution is -2.55. The number of imidazole rings is 1. The number of piperidine rings is 1. The zero-order chi connectivity index (χ0) is 23.1. The summed E-state index contributed by atoms with van der Waals surface area (Å²) in [6.45, 7) is 4.84. The summed E-state index contributed by atoms with van der Waals surface area (Å²) in [5.74, 6) is 2.21. The molecule has 1 saturated heterocycles. The molecule has 9 heteroatoms. The Balaban J connectivity index is 1.51. The molecule has 33 heavy (non-hydrogen) atoms. The average Bonchev–Trinajstić information content (AvgIpc) is 3.27. The molecule has 9 nitrogen and oxygen atoms in total. The highest BCUT2D eigenvalue weighted by Gasteiger charge is 2.40. The van der Waals surface area contributed by atoms with Gasteiger partial charge in [-0.25, -0.2) is 9.97 Å². The predicted octanol–water partition coefficient (Wildman–Crippen LogP) is 3.62. The summed E-state index contributed by atoms with van der Waals surface area (Å²) in [4.78, 5) is 30.8. The van der Waals surface area contributed by atoms with Crippen molar-refractivity contribution in [3.05, 3.63) is 42.1 Å². The maximum absolute atomic E-state index is 13.0. The van der Waals surface area contributed by atoms with Crippen LogP contribution in [0.2, 0.25) is 0 Å². The minimum absolute atomic E-state index is 0.135. The highest BCUT2D eigenvalue weighted by Crippen LogP contribution is 2.40. The van der Waals surface area contributed by atoms with E-state index in [1.165, 1.54) is 0 Å². The zero-order valence-electron chi connectivity index (χ0n) is 19.5. The Bertz CT molecular complexity index is 1210. The SMILES string of the molecule is CCc1nc(Nc2ccc(-n3cnc(C)c3)c(OC)c2)nc2c1N(C)C(=O)C1CCCCN21. The van der Waals surface area contributed by atoms with Gasteiger partial charge in [0.1, 0.15) is 17.5 Å². The molecular weight excluding hydrogens is 418 g/mol. The van der Waals surface area contributed by atoms with Crippen molar-refractivity contribution in [2.75, 3.05) is 35.8 Å². The Morgan fingerprint density at radius 2 is 2.09 bits per heavy atom. The van der Waals surface area contributed by atoms with E-state index < -0.39 is 0 Å². The van der Waals surface area contributed by atoms with Gasteiger partial charge in [-0.1, -0.05) is 6.92 Å². The Kier molecular flexibility index (Phi) is 5.39. The van der Waals surface area contributed by atoms with Crippen molar-refractivity contribution in [2.24, 2.45) is 0 Å². The van der Waals surface area contributed by atoms with Crippen LogP contribution in [0.1, 0.15) is 37.6 Å². The third-order valence-corrected chi connectivity index (χ3v) is 6.42. The summed E-state index contributed by atoms with van der Waals surface area (Å²) >= 11 is 0. The molecule has 2 aromatic heterocycles. The van der Waals surface area contributed by atoms with Crippen molar-refractivity contribution in [1.82, 2.24) is 19.5 Å². The van der Waals surface area contributed by atoms with Gasteiger partial charge in [0.2, 0.25) is 11.9 Å². The van der Waals surface area contributed by atoms with Crippen LogP contribution in [-0.2, 0) is 11.2 Å². The number of amides is 1. The minimum Gasteiger partial charge on any atom is -0.494 e. The number of fused-ring (bicyclic) bond motifs is 3. The van der Waals surface area contributed by atoms with Gasteiger partial charge in [0.05, 0.1) is 30.5 Å². The second kappa shape index (κ2) is 8.38. The van der Waals surface area contributed by atoms with Crippen molar-refractivity contribution in [1.29, 1.82) is 0 Å². The topological polar surface area (TPSA) is 88.4 Å². The van der Waals surface area contributed by atoms with Crippen LogP contribution in [0.15, 0.2) is 30.7 Å².